The summed E-state index contributed by atoms with van der Waals surface area (Å²) in [5.41, 5.74) is 0. The maximum atomic E-state index is 11.7. The van der Waals surface area contributed by atoms with E-state index in [4.69, 9.17) is 14.7 Å². The Hall–Kier alpha value is -2.22. The highest BCUT2D eigenvalue weighted by atomic mass is 16.6. The van der Waals surface area contributed by atoms with Gasteiger partial charge in [-0.15, -0.1) is 0 Å². The minimum atomic E-state index is -0.420. The van der Waals surface area contributed by atoms with Crippen molar-refractivity contribution in [1.82, 2.24) is 5.32 Å². The van der Waals surface area contributed by atoms with Crippen molar-refractivity contribution in [3.63, 3.8) is 0 Å². The number of hydrogen-bond acceptors (Lipinski definition) is 4. The van der Waals surface area contributed by atoms with Crippen molar-refractivity contribution < 1.29 is 14.3 Å². The molecule has 5 heteroatoms. The average Bonchev–Trinajstić information content (AvgIpc) is 2.52. The van der Waals surface area contributed by atoms with Crippen molar-refractivity contribution in [2.24, 2.45) is 11.8 Å². The Bertz CT molecular complexity index is 484. The highest BCUT2D eigenvalue weighted by Gasteiger charge is 2.23. The number of benzene rings is 1. The fourth-order valence-corrected chi connectivity index (χ4v) is 2.75. The van der Waals surface area contributed by atoms with Gasteiger partial charge in [0.25, 0.3) is 6.26 Å². The number of para-hydroxylation sites is 1. The summed E-state index contributed by atoms with van der Waals surface area (Å²) >= 11 is 0. The molecule has 0 aromatic heterocycles. The maximum Gasteiger partial charge on any atom is 0.412 e. The van der Waals surface area contributed by atoms with Crippen molar-refractivity contribution in [2.75, 3.05) is 13.2 Å². The number of nitrogens with one attached hydrogen (secondary N) is 1. The number of nitriles is 1. The zero-order valence-electron chi connectivity index (χ0n) is 12.0. The minimum absolute atomic E-state index is 0.412. The van der Waals surface area contributed by atoms with Gasteiger partial charge in [0, 0.05) is 6.54 Å². The second-order valence-electron chi connectivity index (χ2n) is 5.38. The van der Waals surface area contributed by atoms with Crippen LogP contribution in [0.4, 0.5) is 4.79 Å². The predicted octanol–water partition coefficient (Wildman–Crippen LogP) is 3.08. The van der Waals surface area contributed by atoms with E-state index < -0.39 is 6.09 Å². The number of ether oxygens (including phenoxy) is 2. The molecule has 0 radical (unpaired) electrons. The van der Waals surface area contributed by atoms with E-state index in [0.717, 1.165) is 25.7 Å². The van der Waals surface area contributed by atoms with Gasteiger partial charge in [-0.05, 0) is 43.2 Å². The molecule has 1 saturated carbocycles. The van der Waals surface area contributed by atoms with Crippen LogP contribution in [0, 0.1) is 23.4 Å². The first-order chi connectivity index (χ1) is 10.3. The first kappa shape index (κ1) is 15.2. The van der Waals surface area contributed by atoms with Crippen molar-refractivity contribution in [1.29, 1.82) is 5.26 Å². The van der Waals surface area contributed by atoms with Gasteiger partial charge in [-0.25, -0.2) is 4.79 Å². The summed E-state index contributed by atoms with van der Waals surface area (Å²) in [6.07, 6.45) is 5.57. The van der Waals surface area contributed by atoms with Crippen molar-refractivity contribution in [3.05, 3.63) is 30.3 Å². The summed E-state index contributed by atoms with van der Waals surface area (Å²) in [5.74, 6) is 1.38. The molecule has 0 spiro atoms. The SMILES string of the molecule is N#COCC1CCCC(CNC(=O)Oc2ccccc2)C1. The van der Waals surface area contributed by atoms with Crippen LogP contribution in [0.2, 0.25) is 0 Å². The highest BCUT2D eigenvalue weighted by molar-refractivity contribution is 5.70. The van der Waals surface area contributed by atoms with Gasteiger partial charge < -0.3 is 14.8 Å². The van der Waals surface area contributed by atoms with E-state index in [9.17, 15) is 4.79 Å². The largest absolute Gasteiger partial charge is 0.427 e. The molecular formula is C16H20N2O3. The molecule has 1 aliphatic carbocycles. The minimum Gasteiger partial charge on any atom is -0.427 e. The Morgan fingerprint density at radius 3 is 2.81 bits per heavy atom. The lowest BCUT2D eigenvalue weighted by Crippen LogP contribution is -2.34. The van der Waals surface area contributed by atoms with Gasteiger partial charge in [0.15, 0.2) is 0 Å². The normalized spacial score (nSPS) is 21.1. The van der Waals surface area contributed by atoms with Gasteiger partial charge >= 0.3 is 6.09 Å². The molecule has 0 aliphatic heterocycles. The van der Waals surface area contributed by atoms with E-state index >= 15 is 0 Å². The number of hydrogen-bond donors (Lipinski definition) is 1. The Morgan fingerprint density at radius 2 is 2.05 bits per heavy atom. The van der Waals surface area contributed by atoms with Crippen molar-refractivity contribution in [3.8, 4) is 12.0 Å². The van der Waals surface area contributed by atoms with Gasteiger partial charge in [0.2, 0.25) is 0 Å². The third-order valence-corrected chi connectivity index (χ3v) is 3.76. The lowest BCUT2D eigenvalue weighted by molar-refractivity contribution is 0.149. The molecule has 1 aliphatic rings. The molecule has 1 N–H and O–H groups in total. The zero-order valence-corrected chi connectivity index (χ0v) is 12.0. The predicted molar refractivity (Wildman–Crippen MR) is 77.5 cm³/mol. The molecule has 0 bridgehead atoms. The number of carbonyl (C=O) groups excluding carboxylic acids is 1. The molecule has 1 aromatic carbocycles. The van der Waals surface area contributed by atoms with Gasteiger partial charge in [0.1, 0.15) is 12.4 Å². The quantitative estimate of drug-likeness (QED) is 0.845. The lowest BCUT2D eigenvalue weighted by Gasteiger charge is -2.28. The first-order valence-electron chi connectivity index (χ1n) is 7.29. The molecule has 2 rings (SSSR count). The van der Waals surface area contributed by atoms with Gasteiger partial charge in [-0.2, -0.15) is 5.26 Å². The molecule has 21 heavy (non-hydrogen) atoms. The first-order valence-corrected chi connectivity index (χ1v) is 7.29. The molecule has 0 heterocycles. The van der Waals surface area contributed by atoms with Gasteiger partial charge in [0.05, 0.1) is 0 Å². The summed E-state index contributed by atoms with van der Waals surface area (Å²) in [7, 11) is 0. The molecule has 112 valence electrons. The van der Waals surface area contributed by atoms with Gasteiger partial charge in [-0.1, -0.05) is 24.6 Å². The smallest absolute Gasteiger partial charge is 0.412 e. The topological polar surface area (TPSA) is 71.3 Å². The third kappa shape index (κ3) is 5.35. The van der Waals surface area contributed by atoms with Crippen LogP contribution in [0.5, 0.6) is 5.75 Å². The van der Waals surface area contributed by atoms with E-state index in [2.05, 4.69) is 5.32 Å². The van der Waals surface area contributed by atoms with E-state index in [1.807, 2.05) is 18.2 Å². The Balaban J connectivity index is 1.70. The Labute approximate surface area is 124 Å². The molecular weight excluding hydrogens is 268 g/mol. The maximum absolute atomic E-state index is 11.7. The molecule has 5 nitrogen and oxygen atoms in total. The van der Waals surface area contributed by atoms with Crippen LogP contribution in [-0.4, -0.2) is 19.2 Å². The molecule has 1 aromatic rings. The number of amides is 1. The molecule has 1 amide bonds. The average molecular weight is 288 g/mol. The summed E-state index contributed by atoms with van der Waals surface area (Å²) in [6, 6.07) is 9.01. The van der Waals surface area contributed by atoms with Gasteiger partial charge in [-0.3, -0.25) is 0 Å². The second-order valence-corrected chi connectivity index (χ2v) is 5.38. The Morgan fingerprint density at radius 1 is 1.29 bits per heavy atom. The monoisotopic (exact) mass is 288 g/mol. The van der Waals surface area contributed by atoms with E-state index in [1.54, 1.807) is 18.4 Å². The summed E-state index contributed by atoms with van der Waals surface area (Å²) in [6.45, 7) is 1.09. The second kappa shape index (κ2) is 8.15. The van der Waals surface area contributed by atoms with Crippen LogP contribution < -0.4 is 10.1 Å². The molecule has 1 fully saturated rings. The standard InChI is InChI=1S/C16H20N2O3/c17-12-20-11-14-6-4-5-13(9-14)10-18-16(19)21-15-7-2-1-3-8-15/h1-3,7-8,13-14H,4-6,9-11H2,(H,18,19). The van der Waals surface area contributed by atoms with Crippen LogP contribution >= 0.6 is 0 Å². The number of carbonyl (C=O) groups is 1. The van der Waals surface area contributed by atoms with E-state index in [-0.39, 0.29) is 0 Å². The Kier molecular flexibility index (Phi) is 5.89. The van der Waals surface area contributed by atoms with Crippen LogP contribution in [0.15, 0.2) is 30.3 Å². The van der Waals surface area contributed by atoms with Crippen molar-refractivity contribution >= 4 is 6.09 Å². The molecule has 0 saturated heterocycles. The summed E-state index contributed by atoms with van der Waals surface area (Å²) < 4.78 is 10.00. The highest BCUT2D eigenvalue weighted by Crippen LogP contribution is 2.28. The van der Waals surface area contributed by atoms with E-state index in [1.165, 1.54) is 0 Å². The lowest BCUT2D eigenvalue weighted by atomic mass is 9.82. The van der Waals surface area contributed by atoms with Crippen LogP contribution in [0.25, 0.3) is 0 Å². The number of rotatable bonds is 5. The third-order valence-electron chi connectivity index (χ3n) is 3.76. The van der Waals surface area contributed by atoms with Crippen LogP contribution in [-0.2, 0) is 4.74 Å². The summed E-state index contributed by atoms with van der Waals surface area (Å²) in [5, 5.41) is 11.2. The summed E-state index contributed by atoms with van der Waals surface area (Å²) in [4.78, 5) is 11.7. The van der Waals surface area contributed by atoms with E-state index in [0.29, 0.717) is 30.7 Å². The van der Waals surface area contributed by atoms with Crippen molar-refractivity contribution in [2.45, 2.75) is 25.7 Å². The molecule has 2 atom stereocenters. The fourth-order valence-electron chi connectivity index (χ4n) is 2.75. The van der Waals surface area contributed by atoms with Crippen LogP contribution in [0.3, 0.4) is 0 Å². The van der Waals surface area contributed by atoms with Crippen LogP contribution in [0.1, 0.15) is 25.7 Å². The zero-order chi connectivity index (χ0) is 14.9. The molecule has 2 unspecified atom stereocenters. The fraction of sp³-hybridized carbons (Fsp3) is 0.500. The number of nitrogens with zero attached hydrogens (tertiary/aromatic N) is 1.